The van der Waals surface area contributed by atoms with E-state index in [4.69, 9.17) is 0 Å². The fourth-order valence-corrected chi connectivity index (χ4v) is 5.21. The number of anilines is 2. The van der Waals surface area contributed by atoms with Crippen molar-refractivity contribution >= 4 is 33.3 Å². The zero-order valence-corrected chi connectivity index (χ0v) is 18.5. The van der Waals surface area contributed by atoms with E-state index >= 15 is 0 Å². The summed E-state index contributed by atoms with van der Waals surface area (Å²) in [6.07, 6.45) is 2.57. The topological polar surface area (TPSA) is 98.8 Å². The van der Waals surface area contributed by atoms with Crippen LogP contribution in [0.2, 0.25) is 0 Å². The molecule has 0 bridgehead atoms. The number of halogens is 1. The summed E-state index contributed by atoms with van der Waals surface area (Å²) in [6, 6.07) is 8.75. The molecule has 0 spiro atoms. The fraction of sp³-hybridized carbons (Fsp3) is 0.364. The molecule has 0 aromatic heterocycles. The lowest BCUT2D eigenvalue weighted by atomic mass is 10.2. The molecule has 2 aliphatic heterocycles. The molecule has 1 unspecified atom stereocenters. The normalized spacial score (nSPS) is 16.7. The van der Waals surface area contributed by atoms with Gasteiger partial charge in [-0.1, -0.05) is 0 Å². The lowest BCUT2D eigenvalue weighted by molar-refractivity contribution is -0.117. The molecule has 0 aliphatic carbocycles. The summed E-state index contributed by atoms with van der Waals surface area (Å²) in [5.74, 6) is -1.00. The summed E-state index contributed by atoms with van der Waals surface area (Å²) in [6.45, 7) is 3.44. The Morgan fingerprint density at radius 2 is 1.72 bits per heavy atom. The van der Waals surface area contributed by atoms with E-state index in [-0.39, 0.29) is 10.9 Å². The zero-order valence-electron chi connectivity index (χ0n) is 17.7. The first-order valence-electron chi connectivity index (χ1n) is 10.5. The molecule has 2 aliphatic rings. The van der Waals surface area contributed by atoms with Gasteiger partial charge in [0.15, 0.2) is 0 Å². The Bertz CT molecular complexity index is 1130. The Hall–Kier alpha value is -2.98. The second-order valence-corrected chi connectivity index (χ2v) is 9.72. The minimum atomic E-state index is -3.96. The first-order chi connectivity index (χ1) is 15.2. The summed E-state index contributed by atoms with van der Waals surface area (Å²) >= 11 is 0. The molecule has 32 heavy (non-hydrogen) atoms. The lowest BCUT2D eigenvalue weighted by Crippen LogP contribution is -2.41. The van der Waals surface area contributed by atoms with Crippen molar-refractivity contribution < 1.29 is 22.4 Å². The molecule has 1 atom stereocenters. The molecule has 10 heteroatoms. The number of sulfonamides is 1. The molecule has 2 aromatic rings. The van der Waals surface area contributed by atoms with Gasteiger partial charge in [0.25, 0.3) is 0 Å². The van der Waals surface area contributed by atoms with Gasteiger partial charge in [-0.05, 0) is 74.2 Å². The second-order valence-electron chi connectivity index (χ2n) is 8.01. The number of nitrogens with one attached hydrogen (secondary N) is 2. The van der Waals surface area contributed by atoms with Gasteiger partial charge in [0.05, 0.1) is 10.9 Å². The standard InChI is InChI=1S/C22H25FN4O4S/c1-15(21(28)24-18-6-4-17(23)5-7-18)25-32(30,31)19-8-9-20-16(14-19)10-13-27(20)22(29)26-11-2-3-12-26/h4-9,14-15,25H,2-3,10-13H2,1H3,(H,24,28). The van der Waals surface area contributed by atoms with E-state index in [1.807, 2.05) is 4.90 Å². The maximum atomic E-state index is 13.0. The number of fused-ring (bicyclic) bond motifs is 1. The maximum absolute atomic E-state index is 13.0. The van der Waals surface area contributed by atoms with Crippen molar-refractivity contribution in [2.45, 2.75) is 37.1 Å². The van der Waals surface area contributed by atoms with Gasteiger partial charge in [-0.15, -0.1) is 0 Å². The van der Waals surface area contributed by atoms with Crippen molar-refractivity contribution in [3.8, 4) is 0 Å². The highest BCUT2D eigenvalue weighted by molar-refractivity contribution is 7.89. The molecule has 4 rings (SSSR count). The Balaban J connectivity index is 1.44. The summed E-state index contributed by atoms with van der Waals surface area (Å²) in [4.78, 5) is 28.6. The van der Waals surface area contributed by atoms with Crippen LogP contribution in [0.25, 0.3) is 0 Å². The van der Waals surface area contributed by atoms with Crippen molar-refractivity contribution in [2.75, 3.05) is 29.9 Å². The van der Waals surface area contributed by atoms with Crippen LogP contribution in [0.5, 0.6) is 0 Å². The minimum Gasteiger partial charge on any atom is -0.325 e. The minimum absolute atomic E-state index is 0.0353. The van der Waals surface area contributed by atoms with Crippen molar-refractivity contribution in [1.29, 1.82) is 0 Å². The molecular weight excluding hydrogens is 435 g/mol. The van der Waals surface area contributed by atoms with Gasteiger partial charge in [-0.2, -0.15) is 4.72 Å². The number of hydrogen-bond donors (Lipinski definition) is 2. The van der Waals surface area contributed by atoms with Crippen molar-refractivity contribution in [1.82, 2.24) is 9.62 Å². The van der Waals surface area contributed by atoms with Crippen LogP contribution in [-0.4, -0.2) is 50.9 Å². The highest BCUT2D eigenvalue weighted by Crippen LogP contribution is 2.31. The molecule has 2 aromatic carbocycles. The van der Waals surface area contributed by atoms with Crippen LogP contribution in [0.4, 0.5) is 20.6 Å². The van der Waals surface area contributed by atoms with E-state index in [2.05, 4.69) is 10.0 Å². The van der Waals surface area contributed by atoms with E-state index in [9.17, 15) is 22.4 Å². The lowest BCUT2D eigenvalue weighted by Gasteiger charge is -2.24. The van der Waals surface area contributed by atoms with Crippen molar-refractivity contribution in [3.05, 3.63) is 53.8 Å². The third kappa shape index (κ3) is 4.61. The van der Waals surface area contributed by atoms with Crippen LogP contribution in [0.15, 0.2) is 47.4 Å². The number of benzene rings is 2. The van der Waals surface area contributed by atoms with Gasteiger partial charge in [-0.25, -0.2) is 17.6 Å². The second kappa shape index (κ2) is 8.87. The van der Waals surface area contributed by atoms with Gasteiger partial charge in [-0.3, -0.25) is 9.69 Å². The van der Waals surface area contributed by atoms with E-state index in [0.717, 1.165) is 37.2 Å². The van der Waals surface area contributed by atoms with Gasteiger partial charge in [0.1, 0.15) is 5.82 Å². The fourth-order valence-electron chi connectivity index (χ4n) is 3.96. The van der Waals surface area contributed by atoms with E-state index in [0.29, 0.717) is 18.7 Å². The molecule has 0 radical (unpaired) electrons. The number of hydrogen-bond acceptors (Lipinski definition) is 4. The van der Waals surface area contributed by atoms with Crippen LogP contribution >= 0.6 is 0 Å². The molecule has 2 N–H and O–H groups in total. The smallest absolute Gasteiger partial charge is 0.324 e. The molecule has 1 fully saturated rings. The third-order valence-corrected chi connectivity index (χ3v) is 7.24. The van der Waals surface area contributed by atoms with Gasteiger partial charge in [0, 0.05) is 31.0 Å². The Morgan fingerprint density at radius 3 is 2.41 bits per heavy atom. The van der Waals surface area contributed by atoms with Crippen LogP contribution in [0, 0.1) is 5.82 Å². The number of urea groups is 1. The van der Waals surface area contributed by atoms with Gasteiger partial charge < -0.3 is 10.2 Å². The zero-order chi connectivity index (χ0) is 22.9. The summed E-state index contributed by atoms with van der Waals surface area (Å²) in [5.41, 5.74) is 1.87. The van der Waals surface area contributed by atoms with Crippen LogP contribution in [-0.2, 0) is 21.2 Å². The summed E-state index contributed by atoms with van der Waals surface area (Å²) in [7, 11) is -3.96. The first-order valence-corrected chi connectivity index (χ1v) is 12.0. The van der Waals surface area contributed by atoms with E-state index in [1.54, 1.807) is 17.0 Å². The highest BCUT2D eigenvalue weighted by atomic mass is 32.2. The monoisotopic (exact) mass is 460 g/mol. The molecule has 1 saturated heterocycles. The Labute approximate surface area is 186 Å². The van der Waals surface area contributed by atoms with E-state index < -0.39 is 27.8 Å². The maximum Gasteiger partial charge on any atom is 0.324 e. The Kier molecular flexibility index (Phi) is 6.16. The average molecular weight is 461 g/mol. The van der Waals surface area contributed by atoms with Crippen molar-refractivity contribution in [2.24, 2.45) is 0 Å². The molecule has 0 saturated carbocycles. The van der Waals surface area contributed by atoms with Crippen LogP contribution in [0.1, 0.15) is 25.3 Å². The first kappa shape index (κ1) is 22.2. The Morgan fingerprint density at radius 1 is 1.03 bits per heavy atom. The summed E-state index contributed by atoms with van der Waals surface area (Å²) < 4.78 is 41.1. The van der Waals surface area contributed by atoms with Crippen LogP contribution < -0.4 is 14.9 Å². The number of likely N-dealkylation sites (tertiary alicyclic amines) is 1. The largest absolute Gasteiger partial charge is 0.325 e. The molecule has 170 valence electrons. The SMILES string of the molecule is CC(NS(=O)(=O)c1ccc2c(c1)CCN2C(=O)N1CCCC1)C(=O)Nc1ccc(F)cc1. The predicted molar refractivity (Wildman–Crippen MR) is 119 cm³/mol. The number of amides is 3. The highest BCUT2D eigenvalue weighted by Gasteiger charge is 2.31. The average Bonchev–Trinajstić information content (AvgIpc) is 3.44. The number of carbonyl (C=O) groups excluding carboxylic acids is 2. The molecule has 2 heterocycles. The van der Waals surface area contributed by atoms with Crippen molar-refractivity contribution in [3.63, 3.8) is 0 Å². The van der Waals surface area contributed by atoms with E-state index in [1.165, 1.54) is 37.3 Å². The molecule has 8 nitrogen and oxygen atoms in total. The van der Waals surface area contributed by atoms with Gasteiger partial charge >= 0.3 is 6.03 Å². The number of nitrogens with zero attached hydrogens (tertiary/aromatic N) is 2. The van der Waals surface area contributed by atoms with Crippen LogP contribution in [0.3, 0.4) is 0 Å². The number of rotatable bonds is 5. The number of carbonyl (C=O) groups is 2. The molecule has 3 amide bonds. The predicted octanol–water partition coefficient (Wildman–Crippen LogP) is 2.71. The summed E-state index contributed by atoms with van der Waals surface area (Å²) in [5, 5.41) is 2.55. The molecular formula is C22H25FN4O4S. The van der Waals surface area contributed by atoms with Gasteiger partial charge in [0.2, 0.25) is 15.9 Å². The quantitative estimate of drug-likeness (QED) is 0.717. The third-order valence-electron chi connectivity index (χ3n) is 5.70.